The summed E-state index contributed by atoms with van der Waals surface area (Å²) < 4.78 is 0. The maximum Gasteiger partial charge on any atom is -0.0440 e. The van der Waals surface area contributed by atoms with Gasteiger partial charge in [0, 0.05) is 0 Å². The first-order valence-electron chi connectivity index (χ1n) is 7.60. The normalized spacial score (nSPS) is 17.1. The fourth-order valence-corrected chi connectivity index (χ4v) is 2.34. The van der Waals surface area contributed by atoms with Gasteiger partial charge in [-0.15, -0.1) is 0 Å². The van der Waals surface area contributed by atoms with Crippen molar-refractivity contribution in [2.75, 3.05) is 0 Å². The Labute approximate surface area is 104 Å². The first-order valence-corrected chi connectivity index (χ1v) is 7.60. The summed E-state index contributed by atoms with van der Waals surface area (Å²) in [6, 6.07) is 0. The number of hydrogen-bond acceptors (Lipinski definition) is 0. The van der Waals surface area contributed by atoms with Crippen LogP contribution in [0.15, 0.2) is 0 Å². The molecule has 0 aromatic rings. The Morgan fingerprint density at radius 2 is 1.12 bits per heavy atom. The molecule has 0 aromatic heterocycles. The van der Waals surface area contributed by atoms with Crippen LogP contribution in [0, 0.1) is 17.8 Å². The molecule has 0 spiro atoms. The van der Waals surface area contributed by atoms with E-state index in [9.17, 15) is 0 Å². The molecule has 0 saturated heterocycles. The summed E-state index contributed by atoms with van der Waals surface area (Å²) in [4.78, 5) is 0. The maximum absolute atomic E-state index is 2.43. The Morgan fingerprint density at radius 3 is 1.62 bits per heavy atom. The Bertz CT molecular complexity index is 139. The van der Waals surface area contributed by atoms with Gasteiger partial charge in [0.1, 0.15) is 0 Å². The van der Waals surface area contributed by atoms with Crippen molar-refractivity contribution >= 4 is 0 Å². The van der Waals surface area contributed by atoms with Crippen molar-refractivity contribution in [1.82, 2.24) is 0 Å². The molecule has 0 aliphatic carbocycles. The number of rotatable bonds is 10. The van der Waals surface area contributed by atoms with E-state index in [1.165, 1.54) is 51.4 Å². The van der Waals surface area contributed by atoms with Crippen LogP contribution in [-0.4, -0.2) is 0 Å². The molecule has 98 valence electrons. The molecule has 0 nitrogen and oxygen atoms in total. The molecule has 0 heterocycles. The van der Waals surface area contributed by atoms with E-state index in [2.05, 4.69) is 34.6 Å². The third-order valence-electron chi connectivity index (χ3n) is 4.09. The van der Waals surface area contributed by atoms with E-state index < -0.39 is 0 Å². The van der Waals surface area contributed by atoms with Crippen LogP contribution in [0.5, 0.6) is 0 Å². The molecule has 0 amide bonds. The molecule has 0 heteroatoms. The first-order chi connectivity index (χ1) is 7.60. The second kappa shape index (κ2) is 10.2. The Balaban J connectivity index is 3.30. The van der Waals surface area contributed by atoms with E-state index in [0.717, 1.165) is 17.8 Å². The van der Waals surface area contributed by atoms with Crippen LogP contribution in [0.25, 0.3) is 0 Å². The minimum atomic E-state index is 0.926. The molecule has 3 atom stereocenters. The summed E-state index contributed by atoms with van der Waals surface area (Å²) in [5, 5.41) is 0. The smallest absolute Gasteiger partial charge is 0.0440 e. The minimum absolute atomic E-state index is 0.926. The minimum Gasteiger partial charge on any atom is -0.0651 e. The van der Waals surface area contributed by atoms with Gasteiger partial charge >= 0.3 is 0 Å². The monoisotopic (exact) mass is 226 g/mol. The molecule has 0 rings (SSSR count). The van der Waals surface area contributed by atoms with Crippen molar-refractivity contribution in [3.8, 4) is 0 Å². The molecule has 0 aliphatic heterocycles. The maximum atomic E-state index is 2.43. The van der Waals surface area contributed by atoms with Gasteiger partial charge in [-0.25, -0.2) is 0 Å². The van der Waals surface area contributed by atoms with E-state index in [0.29, 0.717) is 0 Å². The van der Waals surface area contributed by atoms with Crippen molar-refractivity contribution in [1.29, 1.82) is 0 Å². The summed E-state index contributed by atoms with van der Waals surface area (Å²) >= 11 is 0. The fourth-order valence-electron chi connectivity index (χ4n) is 2.34. The van der Waals surface area contributed by atoms with Gasteiger partial charge in [0.05, 0.1) is 0 Å². The highest BCUT2D eigenvalue weighted by Gasteiger charge is 2.07. The van der Waals surface area contributed by atoms with Crippen LogP contribution in [0.3, 0.4) is 0 Å². The molecular formula is C16H34. The Morgan fingerprint density at radius 1 is 0.625 bits per heavy atom. The molecule has 3 unspecified atom stereocenters. The third kappa shape index (κ3) is 9.24. The zero-order valence-corrected chi connectivity index (χ0v) is 12.4. The summed E-state index contributed by atoms with van der Waals surface area (Å²) in [6.45, 7) is 11.8. The lowest BCUT2D eigenvalue weighted by Crippen LogP contribution is -2.02. The molecule has 0 aromatic carbocycles. The summed E-state index contributed by atoms with van der Waals surface area (Å²) in [7, 11) is 0. The van der Waals surface area contributed by atoms with E-state index in [-0.39, 0.29) is 0 Å². The summed E-state index contributed by atoms with van der Waals surface area (Å²) in [6.07, 6.45) is 11.4. The van der Waals surface area contributed by atoms with Crippen LogP contribution in [-0.2, 0) is 0 Å². The van der Waals surface area contributed by atoms with Gasteiger partial charge in [-0.05, 0) is 24.2 Å². The molecule has 0 fully saturated rings. The topological polar surface area (TPSA) is 0 Å². The second-order valence-corrected chi connectivity index (χ2v) is 6.01. The van der Waals surface area contributed by atoms with Gasteiger partial charge in [0.25, 0.3) is 0 Å². The summed E-state index contributed by atoms with van der Waals surface area (Å²) in [5.41, 5.74) is 0. The number of unbranched alkanes of at least 4 members (excludes halogenated alkanes) is 2. The van der Waals surface area contributed by atoms with E-state index in [4.69, 9.17) is 0 Å². The molecule has 16 heavy (non-hydrogen) atoms. The highest BCUT2D eigenvalue weighted by atomic mass is 14.1. The van der Waals surface area contributed by atoms with Crippen molar-refractivity contribution in [3.05, 3.63) is 0 Å². The third-order valence-corrected chi connectivity index (χ3v) is 4.09. The second-order valence-electron chi connectivity index (χ2n) is 6.01. The van der Waals surface area contributed by atoms with Crippen LogP contribution < -0.4 is 0 Å². The van der Waals surface area contributed by atoms with Crippen molar-refractivity contribution in [2.24, 2.45) is 17.8 Å². The molecule has 0 radical (unpaired) electrons. The van der Waals surface area contributed by atoms with Crippen LogP contribution in [0.2, 0.25) is 0 Å². The van der Waals surface area contributed by atoms with E-state index in [1.54, 1.807) is 0 Å². The fraction of sp³-hybridized carbons (Fsp3) is 1.00. The SMILES string of the molecule is CCC(C)CCCCCC(C)CC(C)CC. The van der Waals surface area contributed by atoms with Crippen molar-refractivity contribution in [3.63, 3.8) is 0 Å². The van der Waals surface area contributed by atoms with Crippen LogP contribution in [0.1, 0.15) is 86.0 Å². The average molecular weight is 226 g/mol. The van der Waals surface area contributed by atoms with Gasteiger partial charge in [-0.1, -0.05) is 79.6 Å². The highest BCUT2D eigenvalue weighted by molar-refractivity contribution is 4.59. The van der Waals surface area contributed by atoms with Crippen molar-refractivity contribution < 1.29 is 0 Å². The summed E-state index contributed by atoms with van der Waals surface area (Å²) in [5.74, 6) is 2.81. The highest BCUT2D eigenvalue weighted by Crippen LogP contribution is 2.21. The van der Waals surface area contributed by atoms with Crippen LogP contribution >= 0.6 is 0 Å². The molecule has 0 aliphatic rings. The first kappa shape index (κ1) is 16.0. The Hall–Kier alpha value is 0. The predicted octanol–water partition coefficient (Wildman–Crippen LogP) is 6.06. The van der Waals surface area contributed by atoms with Gasteiger partial charge in [0.15, 0.2) is 0 Å². The van der Waals surface area contributed by atoms with Crippen molar-refractivity contribution in [2.45, 2.75) is 86.0 Å². The number of hydrogen-bond donors (Lipinski definition) is 0. The van der Waals surface area contributed by atoms with Gasteiger partial charge < -0.3 is 0 Å². The average Bonchev–Trinajstić information content (AvgIpc) is 2.27. The molecular weight excluding hydrogens is 192 g/mol. The Kier molecular flexibility index (Phi) is 10.2. The van der Waals surface area contributed by atoms with Gasteiger partial charge in [-0.2, -0.15) is 0 Å². The molecule has 0 N–H and O–H groups in total. The van der Waals surface area contributed by atoms with Crippen LogP contribution in [0.4, 0.5) is 0 Å². The van der Waals surface area contributed by atoms with E-state index in [1.807, 2.05) is 0 Å². The zero-order chi connectivity index (χ0) is 12.4. The van der Waals surface area contributed by atoms with E-state index >= 15 is 0 Å². The van der Waals surface area contributed by atoms with Gasteiger partial charge in [-0.3, -0.25) is 0 Å². The predicted molar refractivity (Wildman–Crippen MR) is 75.8 cm³/mol. The lowest BCUT2D eigenvalue weighted by atomic mass is 9.91. The zero-order valence-electron chi connectivity index (χ0n) is 12.4. The largest absolute Gasteiger partial charge is 0.0651 e. The molecule has 0 bridgehead atoms. The standard InChI is InChI=1S/C16H34/c1-6-14(3)11-9-8-10-12-16(5)13-15(4)7-2/h14-16H,6-13H2,1-5H3. The lowest BCUT2D eigenvalue weighted by Gasteiger charge is -2.15. The van der Waals surface area contributed by atoms with Gasteiger partial charge in [0.2, 0.25) is 0 Å². The molecule has 0 saturated carbocycles. The lowest BCUT2D eigenvalue weighted by molar-refractivity contribution is 0.370. The quantitative estimate of drug-likeness (QED) is 0.397.